The highest BCUT2D eigenvalue weighted by molar-refractivity contribution is 9.08. The van der Waals surface area contributed by atoms with Crippen molar-refractivity contribution in [1.29, 1.82) is 5.26 Å². The van der Waals surface area contributed by atoms with Crippen LogP contribution in [0.3, 0.4) is 0 Å². The van der Waals surface area contributed by atoms with Crippen LogP contribution in [-0.2, 0) is 11.9 Å². The number of benzene rings is 1. The lowest BCUT2D eigenvalue weighted by molar-refractivity contribution is 0.267. The fourth-order valence-electron chi connectivity index (χ4n) is 1.88. The van der Waals surface area contributed by atoms with Crippen LogP contribution >= 0.6 is 15.9 Å². The quantitative estimate of drug-likeness (QED) is 0.746. The van der Waals surface area contributed by atoms with Crippen LogP contribution in [0.2, 0.25) is 0 Å². The molecule has 2 aromatic rings. The molecular formula is C16H15BrN2O2. The summed E-state index contributed by atoms with van der Waals surface area (Å²) in [5.74, 6) is 1.45. The van der Waals surface area contributed by atoms with Crippen LogP contribution in [0.15, 0.2) is 36.5 Å². The van der Waals surface area contributed by atoms with Crippen molar-refractivity contribution in [3.63, 3.8) is 0 Å². The maximum absolute atomic E-state index is 8.86. The number of pyridine rings is 1. The zero-order valence-corrected chi connectivity index (χ0v) is 13.3. The molecule has 1 aromatic heterocycles. The van der Waals surface area contributed by atoms with Gasteiger partial charge in [-0.05, 0) is 30.7 Å². The molecule has 0 unspecified atom stereocenters. The molecule has 0 spiro atoms. The van der Waals surface area contributed by atoms with E-state index in [1.807, 2.05) is 37.3 Å². The molecule has 0 amide bonds. The minimum Gasteiger partial charge on any atom is -0.490 e. The van der Waals surface area contributed by atoms with Crippen LogP contribution in [0, 0.1) is 11.3 Å². The highest BCUT2D eigenvalue weighted by Gasteiger charge is 2.10. The maximum atomic E-state index is 8.86. The molecule has 21 heavy (non-hydrogen) atoms. The minimum atomic E-state index is 0.362. The Balaban J connectivity index is 2.20. The van der Waals surface area contributed by atoms with Gasteiger partial charge in [0, 0.05) is 17.1 Å². The van der Waals surface area contributed by atoms with E-state index in [0.717, 1.165) is 22.6 Å². The SMILES string of the molecule is CCOc1cccc(CBr)c1OCc1ccnc(C#N)c1. The summed E-state index contributed by atoms with van der Waals surface area (Å²) in [6, 6.07) is 11.4. The first-order chi connectivity index (χ1) is 10.3. The van der Waals surface area contributed by atoms with Gasteiger partial charge in [0.25, 0.3) is 0 Å². The predicted molar refractivity (Wildman–Crippen MR) is 83.5 cm³/mol. The predicted octanol–water partition coefficient (Wildman–Crippen LogP) is 3.83. The number of aromatic nitrogens is 1. The van der Waals surface area contributed by atoms with Gasteiger partial charge < -0.3 is 9.47 Å². The molecule has 0 saturated carbocycles. The number of rotatable bonds is 6. The summed E-state index contributed by atoms with van der Waals surface area (Å²) >= 11 is 3.45. The molecule has 0 saturated heterocycles. The van der Waals surface area contributed by atoms with Crippen molar-refractivity contribution in [3.8, 4) is 17.6 Å². The zero-order chi connectivity index (χ0) is 15.1. The van der Waals surface area contributed by atoms with Gasteiger partial charge in [-0.25, -0.2) is 4.98 Å². The average molecular weight is 347 g/mol. The van der Waals surface area contributed by atoms with Crippen molar-refractivity contribution in [2.75, 3.05) is 6.61 Å². The number of halogens is 1. The Morgan fingerprint density at radius 1 is 1.29 bits per heavy atom. The monoisotopic (exact) mass is 346 g/mol. The van der Waals surface area contributed by atoms with Gasteiger partial charge in [0.1, 0.15) is 18.4 Å². The largest absolute Gasteiger partial charge is 0.490 e. The molecule has 1 aromatic carbocycles. The summed E-state index contributed by atoms with van der Waals surface area (Å²) in [6.45, 7) is 2.88. The van der Waals surface area contributed by atoms with Crippen molar-refractivity contribution >= 4 is 15.9 Å². The van der Waals surface area contributed by atoms with E-state index < -0.39 is 0 Å². The lowest BCUT2D eigenvalue weighted by Gasteiger charge is -2.15. The van der Waals surface area contributed by atoms with Crippen molar-refractivity contribution in [2.45, 2.75) is 18.9 Å². The number of alkyl halides is 1. The van der Waals surface area contributed by atoms with E-state index in [-0.39, 0.29) is 0 Å². The lowest BCUT2D eigenvalue weighted by atomic mass is 10.2. The van der Waals surface area contributed by atoms with E-state index >= 15 is 0 Å². The molecule has 5 heteroatoms. The molecule has 0 N–H and O–H groups in total. The van der Waals surface area contributed by atoms with E-state index in [1.54, 1.807) is 12.3 Å². The van der Waals surface area contributed by atoms with Crippen molar-refractivity contribution < 1.29 is 9.47 Å². The Labute approximate surface area is 132 Å². The maximum Gasteiger partial charge on any atom is 0.165 e. The van der Waals surface area contributed by atoms with Gasteiger partial charge in [0.05, 0.1) is 6.61 Å². The Morgan fingerprint density at radius 2 is 2.14 bits per heavy atom. The molecule has 0 atom stereocenters. The number of nitriles is 1. The molecule has 1 heterocycles. The third-order valence-corrected chi connectivity index (χ3v) is 3.43. The highest BCUT2D eigenvalue weighted by atomic mass is 79.9. The van der Waals surface area contributed by atoms with E-state index in [4.69, 9.17) is 14.7 Å². The Bertz CT molecular complexity index is 653. The molecule has 0 fully saturated rings. The molecule has 4 nitrogen and oxygen atoms in total. The van der Waals surface area contributed by atoms with Crippen LogP contribution in [-0.4, -0.2) is 11.6 Å². The van der Waals surface area contributed by atoms with Gasteiger partial charge >= 0.3 is 0 Å². The number of ether oxygens (including phenoxy) is 2. The standard InChI is InChI=1S/C16H15BrN2O2/c1-2-20-15-5-3-4-13(9-17)16(15)21-11-12-6-7-19-14(8-12)10-18/h3-8H,2,9,11H2,1H3. The van der Waals surface area contributed by atoms with Crippen LogP contribution in [0.25, 0.3) is 0 Å². The number of para-hydroxylation sites is 1. The Kier molecular flexibility index (Phi) is 5.59. The lowest BCUT2D eigenvalue weighted by Crippen LogP contribution is -2.02. The summed E-state index contributed by atoms with van der Waals surface area (Å²) in [6.07, 6.45) is 1.61. The molecule has 2 rings (SSSR count). The summed E-state index contributed by atoms with van der Waals surface area (Å²) in [5, 5.41) is 9.55. The number of hydrogen-bond donors (Lipinski definition) is 0. The van der Waals surface area contributed by atoms with Gasteiger partial charge in [0.2, 0.25) is 0 Å². The van der Waals surface area contributed by atoms with E-state index in [1.165, 1.54) is 0 Å². The zero-order valence-electron chi connectivity index (χ0n) is 11.7. The van der Waals surface area contributed by atoms with Gasteiger partial charge in [0.15, 0.2) is 11.5 Å². The molecule has 108 valence electrons. The Morgan fingerprint density at radius 3 is 2.86 bits per heavy atom. The van der Waals surface area contributed by atoms with Gasteiger partial charge in [-0.2, -0.15) is 5.26 Å². The van der Waals surface area contributed by atoms with Gasteiger partial charge in [-0.1, -0.05) is 28.1 Å². The van der Waals surface area contributed by atoms with Gasteiger partial charge in [-0.15, -0.1) is 0 Å². The second kappa shape index (κ2) is 7.65. The second-order valence-electron chi connectivity index (χ2n) is 4.26. The third kappa shape index (κ3) is 3.96. The Hall–Kier alpha value is -2.06. The van der Waals surface area contributed by atoms with Crippen LogP contribution < -0.4 is 9.47 Å². The fraction of sp³-hybridized carbons (Fsp3) is 0.250. The third-order valence-electron chi connectivity index (χ3n) is 2.83. The molecule has 0 aliphatic carbocycles. The van der Waals surface area contributed by atoms with Crippen molar-refractivity contribution in [2.24, 2.45) is 0 Å². The summed E-state index contributed by atoms with van der Waals surface area (Å²) in [5.41, 5.74) is 2.30. The van der Waals surface area contributed by atoms with E-state index in [9.17, 15) is 0 Å². The summed E-state index contributed by atoms with van der Waals surface area (Å²) < 4.78 is 11.5. The molecule has 0 aliphatic heterocycles. The van der Waals surface area contributed by atoms with Crippen LogP contribution in [0.1, 0.15) is 23.7 Å². The van der Waals surface area contributed by atoms with Crippen LogP contribution in [0.4, 0.5) is 0 Å². The number of hydrogen-bond acceptors (Lipinski definition) is 4. The summed E-state index contributed by atoms with van der Waals surface area (Å²) in [7, 11) is 0. The average Bonchev–Trinajstić information content (AvgIpc) is 2.54. The van der Waals surface area contributed by atoms with E-state index in [0.29, 0.717) is 24.2 Å². The van der Waals surface area contributed by atoms with E-state index in [2.05, 4.69) is 20.9 Å². The summed E-state index contributed by atoms with van der Waals surface area (Å²) in [4.78, 5) is 3.94. The molecule has 0 bridgehead atoms. The fourth-order valence-corrected chi connectivity index (χ4v) is 2.32. The van der Waals surface area contributed by atoms with Crippen molar-refractivity contribution in [3.05, 3.63) is 53.3 Å². The second-order valence-corrected chi connectivity index (χ2v) is 4.82. The molecular weight excluding hydrogens is 332 g/mol. The number of nitrogens with zero attached hydrogens (tertiary/aromatic N) is 2. The highest BCUT2D eigenvalue weighted by Crippen LogP contribution is 2.33. The molecule has 0 radical (unpaired) electrons. The first-order valence-corrected chi connectivity index (χ1v) is 7.69. The van der Waals surface area contributed by atoms with Gasteiger partial charge in [-0.3, -0.25) is 0 Å². The smallest absolute Gasteiger partial charge is 0.165 e. The first-order valence-electron chi connectivity index (χ1n) is 6.57. The molecule has 0 aliphatic rings. The minimum absolute atomic E-state index is 0.362. The topological polar surface area (TPSA) is 55.1 Å². The van der Waals surface area contributed by atoms with Crippen LogP contribution in [0.5, 0.6) is 11.5 Å². The first kappa shape index (κ1) is 15.3. The van der Waals surface area contributed by atoms with Crippen molar-refractivity contribution in [1.82, 2.24) is 4.98 Å². The normalized spacial score (nSPS) is 9.95.